The Morgan fingerprint density at radius 2 is 1.81 bits per heavy atom. The zero-order chi connectivity index (χ0) is 19.4. The maximum absolute atomic E-state index is 12.9. The molecular formula is C20H31N3O3S. The molecule has 0 aromatic heterocycles. The molecule has 0 radical (unpaired) electrons. The van der Waals surface area contributed by atoms with Crippen molar-refractivity contribution < 1.29 is 13.2 Å². The topological polar surface area (TPSA) is 69.7 Å². The molecule has 0 bridgehead atoms. The van der Waals surface area contributed by atoms with Gasteiger partial charge in [-0.25, -0.2) is 8.42 Å². The van der Waals surface area contributed by atoms with Crippen molar-refractivity contribution in [3.8, 4) is 0 Å². The summed E-state index contributed by atoms with van der Waals surface area (Å²) in [7, 11) is -3.49. The molecule has 1 aromatic carbocycles. The van der Waals surface area contributed by atoms with Crippen molar-refractivity contribution in [1.29, 1.82) is 0 Å². The molecule has 2 heterocycles. The molecule has 2 atom stereocenters. The highest BCUT2D eigenvalue weighted by Gasteiger charge is 2.33. The molecule has 6 nitrogen and oxygen atoms in total. The van der Waals surface area contributed by atoms with E-state index < -0.39 is 10.0 Å². The first-order valence-electron chi connectivity index (χ1n) is 10.0. The summed E-state index contributed by atoms with van der Waals surface area (Å²) in [5, 5.41) is 3.37. The van der Waals surface area contributed by atoms with Crippen LogP contribution in [0.3, 0.4) is 0 Å². The number of hydrogen-bond acceptors (Lipinski definition) is 4. The first kappa shape index (κ1) is 20.3. The molecule has 2 aliphatic heterocycles. The van der Waals surface area contributed by atoms with Gasteiger partial charge in [0.25, 0.3) is 0 Å². The largest absolute Gasteiger partial charge is 0.340 e. The van der Waals surface area contributed by atoms with Gasteiger partial charge in [-0.1, -0.05) is 25.5 Å². The Bertz CT molecular complexity index is 740. The fourth-order valence-corrected chi connectivity index (χ4v) is 5.45. The van der Waals surface area contributed by atoms with Gasteiger partial charge in [-0.2, -0.15) is 4.31 Å². The van der Waals surface area contributed by atoms with E-state index >= 15 is 0 Å². The van der Waals surface area contributed by atoms with Gasteiger partial charge in [-0.05, 0) is 50.4 Å². The number of carbonyl (C=O) groups excluding carboxylic acids is 1. The van der Waals surface area contributed by atoms with Gasteiger partial charge in [-0.3, -0.25) is 4.79 Å². The minimum atomic E-state index is -3.49. The van der Waals surface area contributed by atoms with Gasteiger partial charge in [0.2, 0.25) is 15.9 Å². The van der Waals surface area contributed by atoms with Crippen LogP contribution in [0.4, 0.5) is 0 Å². The third-order valence-electron chi connectivity index (χ3n) is 5.62. The molecule has 1 N–H and O–H groups in total. The molecule has 2 saturated heterocycles. The molecule has 2 fully saturated rings. The molecule has 27 heavy (non-hydrogen) atoms. The molecule has 2 aliphatic rings. The summed E-state index contributed by atoms with van der Waals surface area (Å²) in [6.45, 7) is 6.77. The maximum Gasteiger partial charge on any atom is 0.243 e. The molecule has 0 saturated carbocycles. The highest BCUT2D eigenvalue weighted by Crippen LogP contribution is 2.22. The van der Waals surface area contributed by atoms with Crippen molar-refractivity contribution in [3.05, 3.63) is 29.8 Å². The summed E-state index contributed by atoms with van der Waals surface area (Å²) < 4.78 is 27.3. The normalized spacial score (nSPS) is 24.7. The fraction of sp³-hybridized carbons (Fsp3) is 0.650. The van der Waals surface area contributed by atoms with E-state index in [4.69, 9.17) is 0 Å². The summed E-state index contributed by atoms with van der Waals surface area (Å²) in [5.74, 6) is 0.250. The van der Waals surface area contributed by atoms with Crippen molar-refractivity contribution >= 4 is 15.9 Å². The van der Waals surface area contributed by atoms with E-state index in [1.165, 1.54) is 4.31 Å². The molecular weight excluding hydrogens is 362 g/mol. The Kier molecular flexibility index (Phi) is 6.55. The lowest BCUT2D eigenvalue weighted by atomic mass is 9.92. The molecule has 0 aliphatic carbocycles. The lowest BCUT2D eigenvalue weighted by Crippen LogP contribution is -2.53. The molecule has 1 amide bonds. The molecule has 150 valence electrons. The van der Waals surface area contributed by atoms with E-state index in [-0.39, 0.29) is 11.8 Å². The predicted octanol–water partition coefficient (Wildman–Crippen LogP) is 1.86. The van der Waals surface area contributed by atoms with Crippen LogP contribution in [0.15, 0.2) is 29.2 Å². The highest BCUT2D eigenvalue weighted by molar-refractivity contribution is 7.89. The van der Waals surface area contributed by atoms with Gasteiger partial charge in [-0.15, -0.1) is 0 Å². The number of rotatable bonds is 5. The van der Waals surface area contributed by atoms with Gasteiger partial charge in [0.05, 0.1) is 4.90 Å². The maximum atomic E-state index is 12.9. The quantitative estimate of drug-likeness (QED) is 0.829. The zero-order valence-corrected chi connectivity index (χ0v) is 17.2. The molecule has 0 unspecified atom stereocenters. The number of nitrogens with zero attached hydrogens (tertiary/aromatic N) is 2. The van der Waals surface area contributed by atoms with Crippen LogP contribution in [0.2, 0.25) is 0 Å². The molecule has 0 spiro atoms. The van der Waals surface area contributed by atoms with E-state index in [9.17, 15) is 13.2 Å². The average Bonchev–Trinajstić information content (AvgIpc) is 2.68. The van der Waals surface area contributed by atoms with Crippen molar-refractivity contribution in [2.24, 2.45) is 5.92 Å². The van der Waals surface area contributed by atoms with Crippen molar-refractivity contribution in [3.63, 3.8) is 0 Å². The second-order valence-electron chi connectivity index (χ2n) is 7.70. The Labute approximate surface area is 163 Å². The van der Waals surface area contributed by atoms with Crippen LogP contribution in [0, 0.1) is 5.92 Å². The number of piperidine rings is 1. The van der Waals surface area contributed by atoms with E-state index in [1.54, 1.807) is 12.1 Å². The summed E-state index contributed by atoms with van der Waals surface area (Å²) in [4.78, 5) is 14.9. The molecule has 7 heteroatoms. The van der Waals surface area contributed by atoms with Crippen LogP contribution in [-0.2, 0) is 21.2 Å². The van der Waals surface area contributed by atoms with Gasteiger partial charge in [0.15, 0.2) is 0 Å². The number of hydrogen-bond donors (Lipinski definition) is 1. The van der Waals surface area contributed by atoms with Crippen LogP contribution in [0.5, 0.6) is 0 Å². The first-order valence-corrected chi connectivity index (χ1v) is 11.5. The van der Waals surface area contributed by atoms with Crippen LogP contribution < -0.4 is 5.32 Å². The lowest BCUT2D eigenvalue weighted by molar-refractivity contribution is -0.137. The number of amides is 1. The Hall–Kier alpha value is -1.44. The summed E-state index contributed by atoms with van der Waals surface area (Å²) in [6, 6.07) is 7.57. The Morgan fingerprint density at radius 1 is 1.15 bits per heavy atom. The van der Waals surface area contributed by atoms with Crippen LogP contribution in [0.1, 0.15) is 38.7 Å². The van der Waals surface area contributed by atoms with Gasteiger partial charge in [0.1, 0.15) is 0 Å². The summed E-state index contributed by atoms with van der Waals surface area (Å²) in [6.07, 6.45) is 3.72. The van der Waals surface area contributed by atoms with Gasteiger partial charge >= 0.3 is 0 Å². The minimum Gasteiger partial charge on any atom is -0.340 e. The molecule has 3 rings (SSSR count). The third kappa shape index (κ3) is 4.70. The lowest BCUT2D eigenvalue weighted by Gasteiger charge is -2.37. The van der Waals surface area contributed by atoms with Crippen molar-refractivity contribution in [1.82, 2.24) is 14.5 Å². The molecule has 1 aromatic rings. The Balaban J connectivity index is 1.59. The van der Waals surface area contributed by atoms with Crippen molar-refractivity contribution in [2.45, 2.75) is 50.5 Å². The van der Waals surface area contributed by atoms with E-state index in [2.05, 4.69) is 19.2 Å². The first-order chi connectivity index (χ1) is 12.9. The van der Waals surface area contributed by atoms with E-state index in [0.29, 0.717) is 37.1 Å². The SMILES string of the molecule is CCCc1ccc(S(=O)(=O)N2CCN(C(=O)[C@H]3CCN[C@@H](C)C3)CC2)cc1. The minimum absolute atomic E-state index is 0.0653. The van der Waals surface area contributed by atoms with Crippen molar-refractivity contribution in [2.75, 3.05) is 32.7 Å². The summed E-state index contributed by atoms with van der Waals surface area (Å²) in [5.41, 5.74) is 1.16. The monoisotopic (exact) mass is 393 g/mol. The number of nitrogens with one attached hydrogen (secondary N) is 1. The number of carbonyl (C=O) groups is 1. The van der Waals surface area contributed by atoms with Gasteiger partial charge in [0, 0.05) is 38.1 Å². The second kappa shape index (κ2) is 8.71. The average molecular weight is 394 g/mol. The number of piperazine rings is 1. The van der Waals surface area contributed by atoms with Gasteiger partial charge < -0.3 is 10.2 Å². The highest BCUT2D eigenvalue weighted by atomic mass is 32.2. The predicted molar refractivity (Wildman–Crippen MR) is 106 cm³/mol. The van der Waals surface area contributed by atoms with Crippen LogP contribution in [-0.4, -0.2) is 62.3 Å². The number of sulfonamides is 1. The second-order valence-corrected chi connectivity index (χ2v) is 9.64. The number of aryl methyl sites for hydroxylation is 1. The van der Waals surface area contributed by atoms with Crippen LogP contribution >= 0.6 is 0 Å². The van der Waals surface area contributed by atoms with Crippen LogP contribution in [0.25, 0.3) is 0 Å². The smallest absolute Gasteiger partial charge is 0.243 e. The van der Waals surface area contributed by atoms with E-state index in [0.717, 1.165) is 37.8 Å². The summed E-state index contributed by atoms with van der Waals surface area (Å²) >= 11 is 0. The zero-order valence-electron chi connectivity index (χ0n) is 16.4. The standard InChI is InChI=1S/C20H31N3O3S/c1-3-4-17-5-7-19(8-6-17)27(25,26)23-13-11-22(12-14-23)20(24)18-9-10-21-16(2)15-18/h5-8,16,18,21H,3-4,9-15H2,1-2H3/t16-,18-/m0/s1. The fourth-order valence-electron chi connectivity index (χ4n) is 4.03. The third-order valence-corrected chi connectivity index (χ3v) is 7.54. The Morgan fingerprint density at radius 3 is 2.41 bits per heavy atom. The van der Waals surface area contributed by atoms with E-state index in [1.807, 2.05) is 17.0 Å². The number of benzene rings is 1.